The third kappa shape index (κ3) is 1.89. The average Bonchev–Trinajstić information content (AvgIpc) is 2.86. The Balaban J connectivity index is 1.78. The largest absolute Gasteiger partial charge is 0.511 e. The van der Waals surface area contributed by atoms with Gasteiger partial charge in [0.25, 0.3) is 0 Å². The van der Waals surface area contributed by atoms with Crippen LogP contribution in [0.1, 0.15) is 19.3 Å². The minimum atomic E-state index is 0.176. The molecule has 0 aliphatic heterocycles. The molecular formula is C10H15NO. The van der Waals surface area contributed by atoms with Crippen LogP contribution in [0.3, 0.4) is 0 Å². The second kappa shape index (κ2) is 3.31. The Morgan fingerprint density at radius 1 is 1.50 bits per heavy atom. The van der Waals surface area contributed by atoms with Crippen molar-refractivity contribution in [3.8, 4) is 0 Å². The second-order valence-electron chi connectivity index (χ2n) is 3.66. The van der Waals surface area contributed by atoms with Gasteiger partial charge in [0.05, 0.1) is 6.04 Å². The van der Waals surface area contributed by atoms with Crippen LogP contribution in [0.2, 0.25) is 0 Å². The summed E-state index contributed by atoms with van der Waals surface area (Å²) in [5.41, 5.74) is 0. The lowest BCUT2D eigenvalue weighted by Gasteiger charge is -2.18. The Hall–Kier alpha value is -0.760. The minimum absolute atomic E-state index is 0.176. The number of rotatable bonds is 3. The standard InChI is InChI=1S/C10H15NO/c12-10-4-2-1-3-9(10)11-7-8-5-6-8/h1-2,4,8-9,11-12H,3,5-7H2. The van der Waals surface area contributed by atoms with Crippen molar-refractivity contribution in [2.75, 3.05) is 6.54 Å². The fourth-order valence-electron chi connectivity index (χ4n) is 1.44. The molecular weight excluding hydrogens is 150 g/mol. The number of hydrogen-bond acceptors (Lipinski definition) is 2. The van der Waals surface area contributed by atoms with E-state index in [1.54, 1.807) is 6.08 Å². The smallest absolute Gasteiger partial charge is 0.109 e. The van der Waals surface area contributed by atoms with Crippen LogP contribution in [-0.2, 0) is 0 Å². The maximum atomic E-state index is 9.45. The summed E-state index contributed by atoms with van der Waals surface area (Å²) in [6.07, 6.45) is 9.41. The van der Waals surface area contributed by atoms with E-state index >= 15 is 0 Å². The summed E-state index contributed by atoms with van der Waals surface area (Å²) in [5.74, 6) is 1.36. The highest BCUT2D eigenvalue weighted by Gasteiger charge is 2.23. The molecule has 2 heteroatoms. The van der Waals surface area contributed by atoms with Gasteiger partial charge in [-0.15, -0.1) is 0 Å². The number of aliphatic hydroxyl groups excluding tert-OH is 1. The highest BCUT2D eigenvalue weighted by Crippen LogP contribution is 2.28. The molecule has 0 spiro atoms. The maximum absolute atomic E-state index is 9.45. The molecule has 2 nitrogen and oxygen atoms in total. The first kappa shape index (κ1) is 7.87. The van der Waals surface area contributed by atoms with E-state index in [0.29, 0.717) is 5.76 Å². The van der Waals surface area contributed by atoms with Crippen LogP contribution in [0, 0.1) is 5.92 Å². The Bertz CT molecular complexity index is 216. The fraction of sp³-hybridized carbons (Fsp3) is 0.600. The van der Waals surface area contributed by atoms with Crippen molar-refractivity contribution in [1.29, 1.82) is 0 Å². The monoisotopic (exact) mass is 165 g/mol. The first-order valence-electron chi connectivity index (χ1n) is 4.65. The van der Waals surface area contributed by atoms with E-state index < -0.39 is 0 Å². The van der Waals surface area contributed by atoms with Gasteiger partial charge < -0.3 is 10.4 Å². The Kier molecular flexibility index (Phi) is 2.17. The predicted octanol–water partition coefficient (Wildman–Crippen LogP) is 1.76. The van der Waals surface area contributed by atoms with Gasteiger partial charge in [-0.1, -0.05) is 12.2 Å². The van der Waals surface area contributed by atoms with E-state index in [-0.39, 0.29) is 6.04 Å². The summed E-state index contributed by atoms with van der Waals surface area (Å²) < 4.78 is 0. The molecule has 2 N–H and O–H groups in total. The number of aliphatic hydroxyl groups is 1. The quantitative estimate of drug-likeness (QED) is 0.667. The predicted molar refractivity (Wildman–Crippen MR) is 49.0 cm³/mol. The van der Waals surface area contributed by atoms with Gasteiger partial charge in [0.2, 0.25) is 0 Å². The topological polar surface area (TPSA) is 32.3 Å². The van der Waals surface area contributed by atoms with Crippen molar-refractivity contribution in [3.63, 3.8) is 0 Å². The van der Waals surface area contributed by atoms with E-state index in [4.69, 9.17) is 0 Å². The van der Waals surface area contributed by atoms with Crippen LogP contribution in [-0.4, -0.2) is 17.7 Å². The zero-order chi connectivity index (χ0) is 8.39. The van der Waals surface area contributed by atoms with E-state index in [2.05, 4.69) is 11.4 Å². The van der Waals surface area contributed by atoms with Crippen LogP contribution in [0.5, 0.6) is 0 Å². The molecule has 0 saturated heterocycles. The molecule has 0 radical (unpaired) electrons. The minimum Gasteiger partial charge on any atom is -0.511 e. The lowest BCUT2D eigenvalue weighted by Crippen LogP contribution is -2.33. The van der Waals surface area contributed by atoms with Crippen molar-refractivity contribution in [2.45, 2.75) is 25.3 Å². The molecule has 0 aromatic rings. The zero-order valence-corrected chi connectivity index (χ0v) is 7.16. The summed E-state index contributed by atoms with van der Waals surface area (Å²) in [7, 11) is 0. The van der Waals surface area contributed by atoms with Crippen molar-refractivity contribution in [3.05, 3.63) is 24.0 Å². The lowest BCUT2D eigenvalue weighted by molar-refractivity contribution is 0.335. The molecule has 0 bridgehead atoms. The molecule has 1 atom stereocenters. The van der Waals surface area contributed by atoms with E-state index in [1.165, 1.54) is 12.8 Å². The summed E-state index contributed by atoms with van der Waals surface area (Å²) in [4.78, 5) is 0. The summed E-state index contributed by atoms with van der Waals surface area (Å²) in [6, 6.07) is 0.176. The number of nitrogens with one attached hydrogen (secondary N) is 1. The Morgan fingerprint density at radius 2 is 2.33 bits per heavy atom. The van der Waals surface area contributed by atoms with Gasteiger partial charge in [0.1, 0.15) is 5.76 Å². The lowest BCUT2D eigenvalue weighted by atomic mass is 10.1. The molecule has 1 unspecified atom stereocenters. The highest BCUT2D eigenvalue weighted by atomic mass is 16.3. The third-order valence-corrected chi connectivity index (χ3v) is 2.48. The molecule has 12 heavy (non-hydrogen) atoms. The first-order valence-corrected chi connectivity index (χ1v) is 4.65. The van der Waals surface area contributed by atoms with Crippen LogP contribution in [0.15, 0.2) is 24.0 Å². The Morgan fingerprint density at radius 3 is 3.00 bits per heavy atom. The van der Waals surface area contributed by atoms with E-state index in [9.17, 15) is 5.11 Å². The molecule has 0 amide bonds. The zero-order valence-electron chi connectivity index (χ0n) is 7.16. The third-order valence-electron chi connectivity index (χ3n) is 2.48. The summed E-state index contributed by atoms with van der Waals surface area (Å²) in [5, 5.41) is 12.8. The van der Waals surface area contributed by atoms with Crippen LogP contribution in [0.4, 0.5) is 0 Å². The maximum Gasteiger partial charge on any atom is 0.109 e. The molecule has 2 aliphatic carbocycles. The van der Waals surface area contributed by atoms with Gasteiger partial charge >= 0.3 is 0 Å². The molecule has 66 valence electrons. The second-order valence-corrected chi connectivity index (χ2v) is 3.66. The SMILES string of the molecule is OC1=CC=CCC1NCC1CC1. The fourth-order valence-corrected chi connectivity index (χ4v) is 1.44. The van der Waals surface area contributed by atoms with Gasteiger partial charge in [-0.05, 0) is 37.8 Å². The van der Waals surface area contributed by atoms with Crippen molar-refractivity contribution < 1.29 is 5.11 Å². The molecule has 1 fully saturated rings. The van der Waals surface area contributed by atoms with Gasteiger partial charge in [-0.2, -0.15) is 0 Å². The molecule has 1 saturated carbocycles. The molecule has 2 aliphatic rings. The van der Waals surface area contributed by atoms with Gasteiger partial charge in [-0.3, -0.25) is 0 Å². The number of hydrogen-bond donors (Lipinski definition) is 2. The molecule has 2 rings (SSSR count). The van der Waals surface area contributed by atoms with Crippen molar-refractivity contribution >= 4 is 0 Å². The van der Waals surface area contributed by atoms with Crippen molar-refractivity contribution in [2.24, 2.45) is 5.92 Å². The normalized spacial score (nSPS) is 28.7. The van der Waals surface area contributed by atoms with Crippen molar-refractivity contribution in [1.82, 2.24) is 5.32 Å². The average molecular weight is 165 g/mol. The van der Waals surface area contributed by atoms with E-state index in [1.807, 2.05) is 6.08 Å². The van der Waals surface area contributed by atoms with Gasteiger partial charge in [-0.25, -0.2) is 0 Å². The highest BCUT2D eigenvalue weighted by molar-refractivity contribution is 5.18. The first-order chi connectivity index (χ1) is 5.86. The van der Waals surface area contributed by atoms with Gasteiger partial charge in [0, 0.05) is 0 Å². The number of allylic oxidation sites excluding steroid dienone is 2. The van der Waals surface area contributed by atoms with Crippen LogP contribution >= 0.6 is 0 Å². The van der Waals surface area contributed by atoms with E-state index in [0.717, 1.165) is 18.9 Å². The van der Waals surface area contributed by atoms with Gasteiger partial charge in [0.15, 0.2) is 0 Å². The molecule has 0 aromatic carbocycles. The summed E-state index contributed by atoms with van der Waals surface area (Å²) in [6.45, 7) is 1.07. The molecule has 0 aromatic heterocycles. The Labute approximate surface area is 73.0 Å². The molecule has 0 heterocycles. The van der Waals surface area contributed by atoms with Crippen LogP contribution in [0.25, 0.3) is 0 Å². The summed E-state index contributed by atoms with van der Waals surface area (Å²) >= 11 is 0. The van der Waals surface area contributed by atoms with Crippen LogP contribution < -0.4 is 5.32 Å².